The summed E-state index contributed by atoms with van der Waals surface area (Å²) in [4.78, 5) is 13.4. The van der Waals surface area contributed by atoms with Crippen LogP contribution in [0.3, 0.4) is 0 Å². The lowest BCUT2D eigenvalue weighted by molar-refractivity contribution is 0.365. The Morgan fingerprint density at radius 1 is 1.14 bits per heavy atom. The molecule has 1 aromatic heterocycles. The molecule has 7 heteroatoms. The lowest BCUT2D eigenvalue weighted by atomic mass is 9.84. The van der Waals surface area contributed by atoms with Crippen molar-refractivity contribution in [2.45, 2.75) is 19.3 Å². The Bertz CT molecular complexity index is 773. The molecule has 1 aliphatic rings. The normalized spacial score (nSPS) is 15.2. The van der Waals surface area contributed by atoms with Crippen molar-refractivity contribution < 1.29 is 4.39 Å². The summed E-state index contributed by atoms with van der Waals surface area (Å²) in [6.45, 7) is 8.50. The molecule has 5 nitrogen and oxygen atoms in total. The van der Waals surface area contributed by atoms with E-state index in [4.69, 9.17) is 0 Å². The van der Waals surface area contributed by atoms with Gasteiger partial charge < -0.3 is 15.1 Å². The first-order valence-corrected chi connectivity index (χ1v) is 9.37. The summed E-state index contributed by atoms with van der Waals surface area (Å²) in [5.41, 5.74) is 0.777. The lowest BCUT2D eigenvalue weighted by Crippen LogP contribution is -2.54. The number of rotatable bonds is 4. The van der Waals surface area contributed by atoms with E-state index < -0.39 is 0 Å². The molecule has 0 aliphatic carbocycles. The van der Waals surface area contributed by atoms with Crippen LogP contribution in [0.1, 0.15) is 19.4 Å². The van der Waals surface area contributed by atoms with Crippen LogP contribution in [0.2, 0.25) is 0 Å². The van der Waals surface area contributed by atoms with E-state index in [2.05, 4.69) is 38.9 Å². The minimum atomic E-state index is -0.201. The van der Waals surface area contributed by atoms with E-state index in [9.17, 15) is 4.39 Å². The van der Waals surface area contributed by atoms with E-state index in [1.54, 1.807) is 12.1 Å². The Kier molecular flexibility index (Phi) is 8.03. The molecule has 1 aromatic carbocycles. The molecule has 28 heavy (non-hydrogen) atoms. The highest BCUT2D eigenvalue weighted by atomic mass is 127. The van der Waals surface area contributed by atoms with Gasteiger partial charge in [0.2, 0.25) is 0 Å². The van der Waals surface area contributed by atoms with Gasteiger partial charge in [0.1, 0.15) is 11.6 Å². The summed E-state index contributed by atoms with van der Waals surface area (Å²) in [6, 6.07) is 12.8. The number of benzene rings is 1. The third-order valence-electron chi connectivity index (χ3n) is 5.06. The van der Waals surface area contributed by atoms with Gasteiger partial charge in [0.15, 0.2) is 5.96 Å². The molecule has 0 saturated carbocycles. The van der Waals surface area contributed by atoms with Gasteiger partial charge in [-0.25, -0.2) is 9.37 Å². The number of hydrogen-bond acceptors (Lipinski definition) is 3. The summed E-state index contributed by atoms with van der Waals surface area (Å²) in [6.07, 6.45) is 1.83. The predicted octanol–water partition coefficient (Wildman–Crippen LogP) is 3.51. The van der Waals surface area contributed by atoms with Gasteiger partial charge in [-0.15, -0.1) is 24.0 Å². The van der Waals surface area contributed by atoms with E-state index >= 15 is 0 Å². The molecule has 1 N–H and O–H groups in total. The molecule has 1 saturated heterocycles. The Labute approximate surface area is 184 Å². The van der Waals surface area contributed by atoms with E-state index in [0.29, 0.717) is 6.54 Å². The van der Waals surface area contributed by atoms with Crippen LogP contribution in [0.25, 0.3) is 0 Å². The number of nitrogens with zero attached hydrogens (tertiary/aromatic N) is 4. The molecule has 0 radical (unpaired) electrons. The molecule has 152 valence electrons. The first-order chi connectivity index (χ1) is 13.0. The zero-order valence-electron chi connectivity index (χ0n) is 16.7. The van der Waals surface area contributed by atoms with E-state index in [0.717, 1.165) is 43.5 Å². The average Bonchev–Trinajstić information content (AvgIpc) is 2.69. The second kappa shape index (κ2) is 10.0. The van der Waals surface area contributed by atoms with Gasteiger partial charge in [0.05, 0.1) is 0 Å². The fourth-order valence-electron chi connectivity index (χ4n) is 3.33. The van der Waals surface area contributed by atoms with Crippen LogP contribution in [0.5, 0.6) is 0 Å². The minimum Gasteiger partial charge on any atom is -0.355 e. The number of nitrogens with one attached hydrogen (secondary N) is 1. The highest BCUT2D eigenvalue weighted by molar-refractivity contribution is 14.0. The molecule has 2 heterocycles. The van der Waals surface area contributed by atoms with Crippen molar-refractivity contribution in [1.29, 1.82) is 0 Å². The Morgan fingerprint density at radius 3 is 2.50 bits per heavy atom. The van der Waals surface area contributed by atoms with E-state index in [-0.39, 0.29) is 35.2 Å². The van der Waals surface area contributed by atoms with Crippen molar-refractivity contribution in [3.05, 3.63) is 60.0 Å². The van der Waals surface area contributed by atoms with E-state index in [1.165, 1.54) is 6.07 Å². The predicted molar refractivity (Wildman–Crippen MR) is 124 cm³/mol. The molecule has 0 bridgehead atoms. The topological polar surface area (TPSA) is 43.8 Å². The summed E-state index contributed by atoms with van der Waals surface area (Å²) >= 11 is 0. The first kappa shape index (κ1) is 22.4. The number of hydrogen-bond donors (Lipinski definition) is 1. The zero-order chi connectivity index (χ0) is 19.3. The summed E-state index contributed by atoms with van der Waals surface area (Å²) in [5.74, 6) is 1.71. The SMILES string of the molecule is CN=C(NCC(C)(C)c1cccc(F)c1)N1CCN(c2ccccn2)CC1.I. The lowest BCUT2D eigenvalue weighted by Gasteiger charge is -2.38. The number of halogens is 2. The molecule has 1 aliphatic heterocycles. The number of guanidine groups is 1. The smallest absolute Gasteiger partial charge is 0.193 e. The van der Waals surface area contributed by atoms with Gasteiger partial charge in [-0.1, -0.05) is 32.0 Å². The number of anilines is 1. The Balaban J connectivity index is 0.00000280. The monoisotopic (exact) mass is 497 g/mol. The van der Waals surface area contributed by atoms with Crippen molar-refractivity contribution in [3.63, 3.8) is 0 Å². The van der Waals surface area contributed by atoms with Crippen LogP contribution in [-0.2, 0) is 5.41 Å². The molecule has 3 rings (SSSR count). The van der Waals surface area contributed by atoms with Crippen LogP contribution in [0.15, 0.2) is 53.7 Å². The number of piperazine rings is 1. The van der Waals surface area contributed by atoms with Gasteiger partial charge in [-0.2, -0.15) is 0 Å². The standard InChI is InChI=1S/C21H28FN5.HI/c1-21(2,17-7-6-8-18(22)15-17)16-25-20(23-3)27-13-11-26(12-14-27)19-9-4-5-10-24-19;/h4-10,15H,11-14,16H2,1-3H3,(H,23,25);1H. The fraction of sp³-hybridized carbons (Fsp3) is 0.429. The quantitative estimate of drug-likeness (QED) is 0.399. The van der Waals surface area contributed by atoms with Crippen LogP contribution in [0.4, 0.5) is 10.2 Å². The maximum Gasteiger partial charge on any atom is 0.193 e. The third-order valence-corrected chi connectivity index (χ3v) is 5.06. The largest absolute Gasteiger partial charge is 0.355 e. The van der Waals surface area contributed by atoms with Gasteiger partial charge in [-0.05, 0) is 29.8 Å². The molecule has 0 atom stereocenters. The highest BCUT2D eigenvalue weighted by Crippen LogP contribution is 2.23. The van der Waals surface area contributed by atoms with Gasteiger partial charge in [-0.3, -0.25) is 4.99 Å². The van der Waals surface area contributed by atoms with Crippen molar-refractivity contribution in [2.24, 2.45) is 4.99 Å². The maximum atomic E-state index is 13.6. The molecule has 2 aromatic rings. The molecule has 0 spiro atoms. The average molecular weight is 497 g/mol. The molecular weight excluding hydrogens is 468 g/mol. The van der Waals surface area contributed by atoms with Crippen LogP contribution >= 0.6 is 24.0 Å². The second-order valence-electron chi connectivity index (χ2n) is 7.46. The minimum absolute atomic E-state index is 0. The van der Waals surface area contributed by atoms with E-state index in [1.807, 2.05) is 37.5 Å². The highest BCUT2D eigenvalue weighted by Gasteiger charge is 2.24. The van der Waals surface area contributed by atoms with Crippen molar-refractivity contribution >= 4 is 35.8 Å². The Hall–Kier alpha value is -1.90. The second-order valence-corrected chi connectivity index (χ2v) is 7.46. The van der Waals surface area contributed by atoms with Gasteiger partial charge in [0, 0.05) is 51.4 Å². The van der Waals surface area contributed by atoms with Crippen molar-refractivity contribution in [2.75, 3.05) is 44.7 Å². The number of pyridine rings is 1. The number of aliphatic imine (C=N–C) groups is 1. The fourth-order valence-corrected chi connectivity index (χ4v) is 3.33. The van der Waals surface area contributed by atoms with Crippen LogP contribution in [0, 0.1) is 5.82 Å². The summed E-state index contributed by atoms with van der Waals surface area (Å²) in [7, 11) is 1.81. The van der Waals surface area contributed by atoms with Gasteiger partial charge in [0.25, 0.3) is 0 Å². The van der Waals surface area contributed by atoms with Crippen molar-refractivity contribution in [1.82, 2.24) is 15.2 Å². The van der Waals surface area contributed by atoms with Crippen LogP contribution in [-0.4, -0.2) is 55.6 Å². The molecule has 0 unspecified atom stereocenters. The maximum absolute atomic E-state index is 13.6. The summed E-state index contributed by atoms with van der Waals surface area (Å²) < 4.78 is 13.6. The molecule has 1 fully saturated rings. The van der Waals surface area contributed by atoms with Crippen LogP contribution < -0.4 is 10.2 Å². The Morgan fingerprint density at radius 2 is 1.89 bits per heavy atom. The van der Waals surface area contributed by atoms with Gasteiger partial charge >= 0.3 is 0 Å². The third kappa shape index (κ3) is 5.56. The summed E-state index contributed by atoms with van der Waals surface area (Å²) in [5, 5.41) is 3.47. The number of aromatic nitrogens is 1. The van der Waals surface area contributed by atoms with Crippen molar-refractivity contribution in [3.8, 4) is 0 Å². The molecule has 0 amide bonds. The zero-order valence-corrected chi connectivity index (χ0v) is 19.1. The molecular formula is C21H29FIN5. The first-order valence-electron chi connectivity index (χ1n) is 9.37.